The molecule has 0 radical (unpaired) electrons. The van der Waals surface area contributed by atoms with E-state index in [4.69, 9.17) is 4.74 Å². The Morgan fingerprint density at radius 3 is 2.74 bits per heavy atom. The highest BCUT2D eigenvalue weighted by molar-refractivity contribution is 5.68. The first kappa shape index (κ1) is 14.9. The third-order valence-corrected chi connectivity index (χ3v) is 2.10. The van der Waals surface area contributed by atoms with Gasteiger partial charge in [-0.3, -0.25) is 0 Å². The van der Waals surface area contributed by atoms with E-state index in [0.29, 0.717) is 0 Å². The molecule has 1 amide bonds. The van der Waals surface area contributed by atoms with Gasteiger partial charge in [0.25, 0.3) is 0 Å². The first-order chi connectivity index (χ1) is 8.90. The van der Waals surface area contributed by atoms with Crippen LogP contribution >= 0.6 is 0 Å². The fourth-order valence-corrected chi connectivity index (χ4v) is 1.33. The van der Waals surface area contributed by atoms with Crippen LogP contribution in [0.3, 0.4) is 0 Å². The fourth-order valence-electron chi connectivity index (χ4n) is 1.33. The lowest BCUT2D eigenvalue weighted by molar-refractivity contribution is 0.0535. The van der Waals surface area contributed by atoms with E-state index in [-0.39, 0.29) is 6.54 Å². The van der Waals surface area contributed by atoms with Crippen molar-refractivity contribution in [2.75, 3.05) is 18.9 Å². The highest BCUT2D eigenvalue weighted by atomic mass is 16.6. The van der Waals surface area contributed by atoms with Crippen molar-refractivity contribution in [1.29, 1.82) is 0 Å². The largest absolute Gasteiger partial charge is 0.444 e. The number of carbonyl (C=O) groups is 1. The number of hydrogen-bond donors (Lipinski definition) is 2. The number of alkyl carbamates (subject to hydrolysis) is 1. The minimum absolute atomic E-state index is 0.263. The topological polar surface area (TPSA) is 50.4 Å². The summed E-state index contributed by atoms with van der Waals surface area (Å²) in [5, 5.41) is 5.63. The number of anilines is 1. The van der Waals surface area contributed by atoms with Crippen molar-refractivity contribution in [2.45, 2.75) is 26.4 Å². The monoisotopic (exact) mass is 260 g/mol. The predicted molar refractivity (Wildman–Crippen MR) is 77.1 cm³/mol. The van der Waals surface area contributed by atoms with Crippen LogP contribution in [0, 0.1) is 11.8 Å². The average molecular weight is 260 g/mol. The maximum Gasteiger partial charge on any atom is 0.408 e. The smallest absolute Gasteiger partial charge is 0.408 e. The molecular formula is C15H20N2O2. The summed E-state index contributed by atoms with van der Waals surface area (Å²) >= 11 is 0. The van der Waals surface area contributed by atoms with E-state index in [1.54, 1.807) is 0 Å². The Morgan fingerprint density at radius 2 is 2.11 bits per heavy atom. The molecule has 4 heteroatoms. The molecule has 0 aliphatic carbocycles. The van der Waals surface area contributed by atoms with Crippen molar-refractivity contribution in [2.24, 2.45) is 0 Å². The Hall–Kier alpha value is -2.15. The maximum absolute atomic E-state index is 11.4. The van der Waals surface area contributed by atoms with E-state index in [1.807, 2.05) is 52.1 Å². The Kier molecular flexibility index (Phi) is 5.25. The van der Waals surface area contributed by atoms with E-state index < -0.39 is 11.7 Å². The summed E-state index contributed by atoms with van der Waals surface area (Å²) in [5.41, 5.74) is 1.42. The van der Waals surface area contributed by atoms with E-state index >= 15 is 0 Å². The van der Waals surface area contributed by atoms with Gasteiger partial charge >= 0.3 is 6.09 Å². The molecule has 4 nitrogen and oxygen atoms in total. The molecule has 0 heterocycles. The number of amides is 1. The van der Waals surface area contributed by atoms with Crippen LogP contribution in [0.25, 0.3) is 0 Å². The van der Waals surface area contributed by atoms with Crippen LogP contribution < -0.4 is 10.6 Å². The number of benzene rings is 1. The molecule has 0 atom stereocenters. The molecule has 1 aromatic rings. The second-order valence-electron chi connectivity index (χ2n) is 4.99. The second kappa shape index (κ2) is 6.69. The lowest BCUT2D eigenvalue weighted by Crippen LogP contribution is -2.32. The standard InChI is InChI=1S/C15H20N2O2/c1-15(2,3)19-14(18)17-10-6-8-12-7-5-9-13(11-12)16-4/h5,7,9,11,16H,10H2,1-4H3,(H,17,18). The maximum atomic E-state index is 11.4. The number of carbonyl (C=O) groups excluding carboxylic acids is 1. The molecule has 0 bridgehead atoms. The minimum Gasteiger partial charge on any atom is -0.444 e. The first-order valence-electron chi connectivity index (χ1n) is 6.14. The molecule has 2 N–H and O–H groups in total. The van der Waals surface area contributed by atoms with Crippen LogP contribution in [0.15, 0.2) is 24.3 Å². The zero-order valence-corrected chi connectivity index (χ0v) is 11.8. The summed E-state index contributed by atoms with van der Waals surface area (Å²) in [6.45, 7) is 5.73. The van der Waals surface area contributed by atoms with Gasteiger partial charge in [-0.15, -0.1) is 0 Å². The summed E-state index contributed by atoms with van der Waals surface area (Å²) < 4.78 is 5.10. The minimum atomic E-state index is -0.487. The van der Waals surface area contributed by atoms with Gasteiger partial charge in [-0.2, -0.15) is 0 Å². The van der Waals surface area contributed by atoms with Gasteiger partial charge < -0.3 is 15.4 Å². The fraction of sp³-hybridized carbons (Fsp3) is 0.400. The van der Waals surface area contributed by atoms with Crippen LogP contribution in [0.5, 0.6) is 0 Å². The molecular weight excluding hydrogens is 240 g/mol. The lowest BCUT2D eigenvalue weighted by atomic mass is 10.2. The molecule has 1 rings (SSSR count). The SMILES string of the molecule is CNc1cccc(C#CCNC(=O)OC(C)(C)C)c1. The molecule has 0 saturated carbocycles. The van der Waals surface area contributed by atoms with Crippen molar-refractivity contribution in [3.63, 3.8) is 0 Å². The van der Waals surface area contributed by atoms with Crippen molar-refractivity contribution in [1.82, 2.24) is 5.32 Å². The third kappa shape index (κ3) is 6.37. The quantitative estimate of drug-likeness (QED) is 0.804. The molecule has 19 heavy (non-hydrogen) atoms. The summed E-state index contributed by atoms with van der Waals surface area (Å²) in [7, 11) is 1.86. The van der Waals surface area contributed by atoms with Crippen molar-refractivity contribution in [3.8, 4) is 11.8 Å². The Morgan fingerprint density at radius 1 is 1.37 bits per heavy atom. The third-order valence-electron chi connectivity index (χ3n) is 2.10. The molecule has 102 valence electrons. The highest BCUT2D eigenvalue weighted by Gasteiger charge is 2.14. The second-order valence-corrected chi connectivity index (χ2v) is 4.99. The van der Waals surface area contributed by atoms with Gasteiger partial charge in [0.15, 0.2) is 0 Å². The van der Waals surface area contributed by atoms with Gasteiger partial charge in [0.05, 0.1) is 6.54 Å². The number of rotatable bonds is 2. The van der Waals surface area contributed by atoms with Gasteiger partial charge in [-0.25, -0.2) is 4.79 Å². The summed E-state index contributed by atoms with van der Waals surface area (Å²) in [6.07, 6.45) is -0.453. The van der Waals surface area contributed by atoms with Gasteiger partial charge in [-0.05, 0) is 39.0 Å². The van der Waals surface area contributed by atoms with E-state index in [9.17, 15) is 4.79 Å². The molecule has 0 fully saturated rings. The summed E-state index contributed by atoms with van der Waals surface area (Å²) in [6, 6.07) is 7.75. The van der Waals surface area contributed by atoms with Crippen molar-refractivity contribution < 1.29 is 9.53 Å². The summed E-state index contributed by atoms with van der Waals surface area (Å²) in [5.74, 6) is 5.86. The lowest BCUT2D eigenvalue weighted by Gasteiger charge is -2.18. The van der Waals surface area contributed by atoms with Crippen LogP contribution in [-0.4, -0.2) is 25.3 Å². The number of hydrogen-bond acceptors (Lipinski definition) is 3. The zero-order chi connectivity index (χ0) is 14.3. The average Bonchev–Trinajstić information content (AvgIpc) is 2.33. The van der Waals surface area contributed by atoms with Crippen LogP contribution in [-0.2, 0) is 4.74 Å². The molecule has 0 aliphatic rings. The van der Waals surface area contributed by atoms with Gasteiger partial charge in [0.2, 0.25) is 0 Å². The van der Waals surface area contributed by atoms with Gasteiger partial charge in [-0.1, -0.05) is 17.9 Å². The summed E-state index contributed by atoms with van der Waals surface area (Å²) in [4.78, 5) is 11.4. The van der Waals surface area contributed by atoms with Crippen LogP contribution in [0.2, 0.25) is 0 Å². The molecule has 0 spiro atoms. The van der Waals surface area contributed by atoms with Crippen molar-refractivity contribution in [3.05, 3.63) is 29.8 Å². The number of ether oxygens (including phenoxy) is 1. The van der Waals surface area contributed by atoms with Crippen LogP contribution in [0.1, 0.15) is 26.3 Å². The Balaban J connectivity index is 2.45. The van der Waals surface area contributed by atoms with E-state index in [0.717, 1.165) is 11.3 Å². The predicted octanol–water partition coefficient (Wildman–Crippen LogP) is 2.60. The Labute approximate surface area is 114 Å². The van der Waals surface area contributed by atoms with Gasteiger partial charge in [0.1, 0.15) is 5.60 Å². The Bertz CT molecular complexity index is 493. The normalized spacial score (nSPS) is 10.1. The van der Waals surface area contributed by atoms with Gasteiger partial charge in [0, 0.05) is 18.3 Å². The number of nitrogens with one attached hydrogen (secondary N) is 2. The highest BCUT2D eigenvalue weighted by Crippen LogP contribution is 2.08. The van der Waals surface area contributed by atoms with E-state index in [2.05, 4.69) is 22.5 Å². The molecule has 0 unspecified atom stereocenters. The molecule has 1 aromatic carbocycles. The molecule has 0 saturated heterocycles. The molecule has 0 aliphatic heterocycles. The van der Waals surface area contributed by atoms with Crippen molar-refractivity contribution >= 4 is 11.8 Å². The van der Waals surface area contributed by atoms with Crippen LogP contribution in [0.4, 0.5) is 10.5 Å². The zero-order valence-electron chi connectivity index (χ0n) is 11.8. The molecule has 0 aromatic heterocycles. The first-order valence-corrected chi connectivity index (χ1v) is 6.14. The van der Waals surface area contributed by atoms with E-state index in [1.165, 1.54) is 0 Å².